The summed E-state index contributed by atoms with van der Waals surface area (Å²) in [6.45, 7) is 3.55. The maximum atomic E-state index is 13.0. The molecule has 1 fully saturated rings. The van der Waals surface area contributed by atoms with Crippen LogP contribution in [0.5, 0.6) is 0 Å². The SMILES string of the molecule is Cc1cc2c(cc1C(O)CN1CCN(c3ccc4nc(S(C)(=O)=O)ccc4c3)C(=O)C1)COC2=O. The van der Waals surface area contributed by atoms with Gasteiger partial charge in [-0.25, -0.2) is 18.2 Å². The topological polar surface area (TPSA) is 117 Å². The highest BCUT2D eigenvalue weighted by Gasteiger charge is 2.29. The van der Waals surface area contributed by atoms with E-state index in [0.717, 1.165) is 34.0 Å². The number of aliphatic hydroxyl groups excluding tert-OH is 1. The van der Waals surface area contributed by atoms with Crippen LogP contribution in [0, 0.1) is 6.92 Å². The largest absolute Gasteiger partial charge is 0.457 e. The van der Waals surface area contributed by atoms with Gasteiger partial charge in [0.05, 0.1) is 23.7 Å². The number of carbonyl (C=O) groups is 2. The Balaban J connectivity index is 1.28. The molecule has 0 saturated carbocycles. The number of β-amino-alcohol motifs (C(OH)–C–C–N with tert-alkyl or cyclic N) is 1. The van der Waals surface area contributed by atoms with Crippen molar-refractivity contribution >= 4 is 38.3 Å². The molecule has 35 heavy (non-hydrogen) atoms. The van der Waals surface area contributed by atoms with E-state index in [1.807, 2.05) is 24.0 Å². The molecule has 5 rings (SSSR count). The fourth-order valence-electron chi connectivity index (χ4n) is 4.62. The molecular weight excluding hydrogens is 470 g/mol. The average molecular weight is 496 g/mol. The Labute approximate surface area is 202 Å². The Morgan fingerprint density at radius 3 is 2.66 bits per heavy atom. The highest BCUT2D eigenvalue weighted by molar-refractivity contribution is 7.90. The van der Waals surface area contributed by atoms with Gasteiger partial charge in [-0.05, 0) is 60.5 Å². The smallest absolute Gasteiger partial charge is 0.338 e. The van der Waals surface area contributed by atoms with E-state index < -0.39 is 15.9 Å². The zero-order chi connectivity index (χ0) is 24.9. The van der Waals surface area contributed by atoms with Gasteiger partial charge in [0.15, 0.2) is 14.9 Å². The van der Waals surface area contributed by atoms with Crippen molar-refractivity contribution in [3.63, 3.8) is 0 Å². The molecule has 1 aromatic heterocycles. The first-order valence-electron chi connectivity index (χ1n) is 11.2. The van der Waals surface area contributed by atoms with Crippen LogP contribution in [0.4, 0.5) is 5.69 Å². The number of cyclic esters (lactones) is 1. The Kier molecular flexibility index (Phi) is 5.82. The minimum absolute atomic E-state index is 0.0127. The minimum Gasteiger partial charge on any atom is -0.457 e. The molecule has 2 aliphatic rings. The lowest BCUT2D eigenvalue weighted by molar-refractivity contribution is -0.121. The first-order valence-corrected chi connectivity index (χ1v) is 13.1. The van der Waals surface area contributed by atoms with Crippen molar-refractivity contribution in [3.8, 4) is 0 Å². The van der Waals surface area contributed by atoms with E-state index in [-0.39, 0.29) is 30.1 Å². The lowest BCUT2D eigenvalue weighted by Crippen LogP contribution is -2.51. The number of amides is 1. The van der Waals surface area contributed by atoms with Crippen molar-refractivity contribution in [2.75, 3.05) is 37.3 Å². The maximum Gasteiger partial charge on any atom is 0.338 e. The molecule has 1 saturated heterocycles. The van der Waals surface area contributed by atoms with Gasteiger partial charge in [-0.1, -0.05) is 0 Å². The van der Waals surface area contributed by atoms with Crippen molar-refractivity contribution in [1.29, 1.82) is 0 Å². The van der Waals surface area contributed by atoms with Gasteiger partial charge in [-0.15, -0.1) is 0 Å². The first-order chi connectivity index (χ1) is 16.6. The summed E-state index contributed by atoms with van der Waals surface area (Å²) >= 11 is 0. The number of hydrogen-bond donors (Lipinski definition) is 1. The van der Waals surface area contributed by atoms with E-state index in [1.54, 1.807) is 29.2 Å². The molecule has 1 N–H and O–H groups in total. The monoisotopic (exact) mass is 495 g/mol. The lowest BCUT2D eigenvalue weighted by Gasteiger charge is -2.35. The van der Waals surface area contributed by atoms with Crippen molar-refractivity contribution in [2.24, 2.45) is 0 Å². The van der Waals surface area contributed by atoms with Gasteiger partial charge in [-0.2, -0.15) is 0 Å². The van der Waals surface area contributed by atoms with Gasteiger partial charge in [0, 0.05) is 42.5 Å². The zero-order valence-corrected chi connectivity index (χ0v) is 20.2. The summed E-state index contributed by atoms with van der Waals surface area (Å²) in [5, 5.41) is 11.6. The standard InChI is InChI=1S/C25H25N3O6S/c1-15-9-20-17(14-34-25(20)31)11-19(15)22(29)12-27-7-8-28(24(30)13-27)18-4-5-21-16(10-18)3-6-23(26-21)35(2,32)33/h3-6,9-11,22,29H,7-8,12-14H2,1-2H3. The molecule has 0 radical (unpaired) electrons. The number of rotatable bonds is 5. The van der Waals surface area contributed by atoms with Crippen LogP contribution < -0.4 is 4.90 Å². The minimum atomic E-state index is -3.40. The molecule has 2 aliphatic heterocycles. The third-order valence-corrected chi connectivity index (χ3v) is 7.49. The summed E-state index contributed by atoms with van der Waals surface area (Å²) < 4.78 is 28.6. The van der Waals surface area contributed by atoms with Gasteiger partial charge in [0.1, 0.15) is 6.61 Å². The van der Waals surface area contributed by atoms with E-state index in [1.165, 1.54) is 6.07 Å². The third-order valence-electron chi connectivity index (χ3n) is 6.50. The van der Waals surface area contributed by atoms with Gasteiger partial charge < -0.3 is 14.7 Å². The molecule has 0 bridgehead atoms. The molecule has 9 nitrogen and oxygen atoms in total. The number of aliphatic hydroxyl groups is 1. The number of nitrogens with zero attached hydrogens (tertiary/aromatic N) is 3. The van der Waals surface area contributed by atoms with Gasteiger partial charge in [-0.3, -0.25) is 9.69 Å². The second kappa shape index (κ2) is 8.71. The van der Waals surface area contributed by atoms with Crippen LogP contribution in [0.25, 0.3) is 10.9 Å². The number of esters is 1. The van der Waals surface area contributed by atoms with Gasteiger partial charge in [0.2, 0.25) is 5.91 Å². The number of fused-ring (bicyclic) bond motifs is 2. The molecule has 182 valence electrons. The maximum absolute atomic E-state index is 13.0. The van der Waals surface area contributed by atoms with Crippen LogP contribution in [-0.4, -0.2) is 67.7 Å². The summed E-state index contributed by atoms with van der Waals surface area (Å²) in [7, 11) is -3.40. The summed E-state index contributed by atoms with van der Waals surface area (Å²) in [6.07, 6.45) is 0.317. The number of sulfone groups is 1. The highest BCUT2D eigenvalue weighted by atomic mass is 32.2. The number of anilines is 1. The van der Waals surface area contributed by atoms with Crippen LogP contribution in [0.3, 0.4) is 0 Å². The highest BCUT2D eigenvalue weighted by Crippen LogP contribution is 2.29. The molecule has 3 aromatic rings. The Morgan fingerprint density at radius 2 is 1.91 bits per heavy atom. The number of carbonyl (C=O) groups excluding carboxylic acids is 2. The van der Waals surface area contributed by atoms with Crippen molar-refractivity contribution in [3.05, 3.63) is 64.7 Å². The zero-order valence-electron chi connectivity index (χ0n) is 19.4. The van der Waals surface area contributed by atoms with E-state index in [9.17, 15) is 23.1 Å². The fourth-order valence-corrected chi connectivity index (χ4v) is 5.20. The number of ether oxygens (including phenoxy) is 1. The summed E-state index contributed by atoms with van der Waals surface area (Å²) in [6, 6.07) is 12.0. The number of aromatic nitrogens is 1. The molecule has 1 amide bonds. The predicted molar refractivity (Wildman–Crippen MR) is 129 cm³/mol. The molecule has 3 heterocycles. The number of piperazine rings is 1. The number of benzene rings is 2. The van der Waals surface area contributed by atoms with Crippen LogP contribution in [0.1, 0.15) is 33.2 Å². The van der Waals surface area contributed by atoms with Gasteiger partial charge >= 0.3 is 5.97 Å². The molecular formula is C25H25N3O6S. The molecule has 0 aliphatic carbocycles. The molecule has 1 unspecified atom stereocenters. The van der Waals surface area contributed by atoms with E-state index in [0.29, 0.717) is 30.7 Å². The first kappa shape index (κ1) is 23.4. The predicted octanol–water partition coefficient (Wildman–Crippen LogP) is 2.00. The summed E-state index contributed by atoms with van der Waals surface area (Å²) in [5.41, 5.74) is 4.11. The van der Waals surface area contributed by atoms with Crippen molar-refractivity contribution < 1.29 is 27.9 Å². The number of aryl methyl sites for hydroxylation is 1. The lowest BCUT2D eigenvalue weighted by atomic mass is 9.96. The normalized spacial score (nSPS) is 17.5. The Hall–Kier alpha value is -3.34. The Bertz CT molecular complexity index is 1470. The average Bonchev–Trinajstić information content (AvgIpc) is 3.16. The third kappa shape index (κ3) is 4.52. The van der Waals surface area contributed by atoms with Crippen molar-refractivity contribution in [2.45, 2.75) is 24.7 Å². The van der Waals surface area contributed by atoms with Crippen LogP contribution in [0.2, 0.25) is 0 Å². The number of hydrogen-bond acceptors (Lipinski definition) is 8. The Morgan fingerprint density at radius 1 is 1.11 bits per heavy atom. The van der Waals surface area contributed by atoms with E-state index in [4.69, 9.17) is 4.74 Å². The summed E-state index contributed by atoms with van der Waals surface area (Å²) in [5.74, 6) is -0.431. The quantitative estimate of drug-likeness (QED) is 0.534. The second-order valence-corrected chi connectivity index (χ2v) is 11.0. The summed E-state index contributed by atoms with van der Waals surface area (Å²) in [4.78, 5) is 32.5. The van der Waals surface area contributed by atoms with Crippen LogP contribution in [-0.2, 0) is 26.0 Å². The number of pyridine rings is 1. The van der Waals surface area contributed by atoms with Gasteiger partial charge in [0.25, 0.3) is 0 Å². The van der Waals surface area contributed by atoms with Crippen LogP contribution in [0.15, 0.2) is 47.5 Å². The van der Waals surface area contributed by atoms with E-state index >= 15 is 0 Å². The molecule has 10 heteroatoms. The fraction of sp³-hybridized carbons (Fsp3) is 0.320. The van der Waals surface area contributed by atoms with Crippen molar-refractivity contribution in [1.82, 2.24) is 9.88 Å². The van der Waals surface area contributed by atoms with E-state index in [2.05, 4.69) is 4.98 Å². The second-order valence-electron chi connectivity index (χ2n) is 9.04. The molecule has 0 spiro atoms. The van der Waals surface area contributed by atoms with Crippen LogP contribution >= 0.6 is 0 Å². The molecule has 1 atom stereocenters. The molecule has 2 aromatic carbocycles.